The van der Waals surface area contributed by atoms with E-state index < -0.39 is 29.6 Å². The van der Waals surface area contributed by atoms with E-state index in [1.165, 1.54) is 11.0 Å². The minimum atomic E-state index is -0.878. The zero-order valence-corrected chi connectivity index (χ0v) is 26.0. The van der Waals surface area contributed by atoms with Crippen LogP contribution in [0.1, 0.15) is 57.7 Å². The third-order valence-corrected chi connectivity index (χ3v) is 7.33. The Morgan fingerprint density at radius 1 is 1.16 bits per heavy atom. The minimum Gasteiger partial charge on any atom is -0.444 e. The number of nitrogens with one attached hydrogen (secondary N) is 1. The number of ether oxygens (including phenoxy) is 1. The number of aliphatic hydroxyl groups is 1. The summed E-state index contributed by atoms with van der Waals surface area (Å²) in [6.07, 6.45) is 0.225. The van der Waals surface area contributed by atoms with Crippen molar-refractivity contribution in [1.82, 2.24) is 34.3 Å². The normalized spacial score (nSPS) is 14.5. The first-order valence-corrected chi connectivity index (χ1v) is 14.5. The number of aromatic nitrogens is 5. The molecule has 1 aromatic carbocycles. The molecule has 4 aromatic rings. The van der Waals surface area contributed by atoms with E-state index in [0.29, 0.717) is 42.2 Å². The summed E-state index contributed by atoms with van der Waals surface area (Å²) in [5, 5.41) is 13.8. The molecule has 4 heterocycles. The standard InChI is InChI=1S/C31H38F2N8O3/c1-17(2)41-18(3)35-24-13-20(12-21(32)28(24)41)27-22(33)14-34-29(38-27)37-25-9-8-19-15-40(11-10-23(19)36-25)26(42)16-39(7)30(43)44-31(4,5)6/h8-9,12-14,17,26,42H,10-11,15-16H2,1-7H3,(H,34,36,37,38). The highest BCUT2D eigenvalue weighted by Gasteiger charge is 2.27. The number of halogens is 2. The summed E-state index contributed by atoms with van der Waals surface area (Å²) in [6, 6.07) is 6.54. The lowest BCUT2D eigenvalue weighted by molar-refractivity contribution is -0.0331. The fourth-order valence-corrected chi connectivity index (χ4v) is 5.35. The number of rotatable bonds is 7. The van der Waals surface area contributed by atoms with E-state index in [1.807, 2.05) is 36.3 Å². The Balaban J connectivity index is 1.29. The predicted molar refractivity (Wildman–Crippen MR) is 162 cm³/mol. The number of aliphatic hydroxyl groups excluding tert-OH is 1. The van der Waals surface area contributed by atoms with Gasteiger partial charge in [-0.2, -0.15) is 0 Å². The van der Waals surface area contributed by atoms with E-state index in [2.05, 4.69) is 20.3 Å². The molecule has 1 aliphatic heterocycles. The van der Waals surface area contributed by atoms with Crippen molar-refractivity contribution < 1.29 is 23.4 Å². The second kappa shape index (κ2) is 12.0. The zero-order chi connectivity index (χ0) is 31.9. The second-order valence-electron chi connectivity index (χ2n) is 12.3. The van der Waals surface area contributed by atoms with Gasteiger partial charge >= 0.3 is 6.09 Å². The molecule has 1 amide bonds. The molecule has 44 heavy (non-hydrogen) atoms. The van der Waals surface area contributed by atoms with Crippen LogP contribution in [-0.2, 0) is 17.7 Å². The molecule has 2 N–H and O–H groups in total. The molecule has 0 radical (unpaired) electrons. The molecule has 0 aliphatic carbocycles. The van der Waals surface area contributed by atoms with Gasteiger partial charge < -0.3 is 24.6 Å². The molecule has 11 nitrogen and oxygen atoms in total. The smallest absolute Gasteiger partial charge is 0.410 e. The van der Waals surface area contributed by atoms with Crippen molar-refractivity contribution in [2.45, 2.75) is 72.4 Å². The van der Waals surface area contributed by atoms with Crippen molar-refractivity contribution in [2.24, 2.45) is 0 Å². The topological polar surface area (TPSA) is 122 Å². The Hall–Kier alpha value is -4.23. The van der Waals surface area contributed by atoms with Gasteiger partial charge in [-0.1, -0.05) is 6.07 Å². The van der Waals surface area contributed by atoms with Crippen LogP contribution in [0.25, 0.3) is 22.3 Å². The zero-order valence-electron chi connectivity index (χ0n) is 26.0. The monoisotopic (exact) mass is 608 g/mol. The summed E-state index contributed by atoms with van der Waals surface area (Å²) in [7, 11) is 1.59. The highest BCUT2D eigenvalue weighted by Crippen LogP contribution is 2.31. The average Bonchev–Trinajstić information content (AvgIpc) is 3.29. The molecule has 0 spiro atoms. The van der Waals surface area contributed by atoms with Gasteiger partial charge in [-0.3, -0.25) is 4.90 Å². The summed E-state index contributed by atoms with van der Waals surface area (Å²) >= 11 is 0. The summed E-state index contributed by atoms with van der Waals surface area (Å²) in [5.41, 5.74) is 2.13. The van der Waals surface area contributed by atoms with Crippen LogP contribution in [0.15, 0.2) is 30.5 Å². The highest BCUT2D eigenvalue weighted by atomic mass is 19.1. The van der Waals surface area contributed by atoms with E-state index in [1.54, 1.807) is 40.0 Å². The van der Waals surface area contributed by atoms with Crippen LogP contribution in [-0.4, -0.2) is 77.5 Å². The van der Waals surface area contributed by atoms with E-state index in [0.717, 1.165) is 17.5 Å². The van der Waals surface area contributed by atoms with Gasteiger partial charge in [0.25, 0.3) is 0 Å². The average molecular weight is 609 g/mol. The molecule has 0 bridgehead atoms. The van der Waals surface area contributed by atoms with Crippen LogP contribution in [0.4, 0.5) is 25.3 Å². The van der Waals surface area contributed by atoms with Gasteiger partial charge in [0, 0.05) is 43.9 Å². The van der Waals surface area contributed by atoms with Crippen LogP contribution >= 0.6 is 0 Å². The first-order chi connectivity index (χ1) is 20.7. The Kier molecular flexibility index (Phi) is 8.54. The molecule has 3 aromatic heterocycles. The maximum Gasteiger partial charge on any atom is 0.410 e. The van der Waals surface area contributed by atoms with Crippen molar-refractivity contribution >= 4 is 28.9 Å². The molecule has 234 valence electrons. The second-order valence-corrected chi connectivity index (χ2v) is 12.3. The van der Waals surface area contributed by atoms with Gasteiger partial charge in [0.2, 0.25) is 5.95 Å². The molecule has 1 aliphatic rings. The fraction of sp³-hybridized carbons (Fsp3) is 0.452. The lowest BCUT2D eigenvalue weighted by Gasteiger charge is -2.34. The predicted octanol–water partition coefficient (Wildman–Crippen LogP) is 5.34. The van der Waals surface area contributed by atoms with Crippen molar-refractivity contribution in [2.75, 3.05) is 25.5 Å². The van der Waals surface area contributed by atoms with E-state index >= 15 is 4.39 Å². The molecule has 1 unspecified atom stereocenters. The minimum absolute atomic E-state index is 0.00932. The maximum absolute atomic E-state index is 15.2. The van der Waals surface area contributed by atoms with Gasteiger partial charge in [-0.25, -0.2) is 33.5 Å². The molecule has 5 rings (SSSR count). The molecule has 0 saturated heterocycles. The largest absolute Gasteiger partial charge is 0.444 e. The van der Waals surface area contributed by atoms with Gasteiger partial charge in [-0.15, -0.1) is 0 Å². The quantitative estimate of drug-likeness (QED) is 0.286. The number of aryl methyl sites for hydroxylation is 1. The Bertz CT molecular complexity index is 1700. The lowest BCUT2D eigenvalue weighted by atomic mass is 10.1. The summed E-state index contributed by atoms with van der Waals surface area (Å²) < 4.78 is 37.3. The van der Waals surface area contributed by atoms with Gasteiger partial charge in [0.15, 0.2) is 5.82 Å². The van der Waals surface area contributed by atoms with E-state index in [4.69, 9.17) is 9.72 Å². The first-order valence-electron chi connectivity index (χ1n) is 14.5. The van der Waals surface area contributed by atoms with Crippen LogP contribution in [0, 0.1) is 18.6 Å². The number of benzene rings is 1. The summed E-state index contributed by atoms with van der Waals surface area (Å²) in [4.78, 5) is 33.1. The van der Waals surface area contributed by atoms with E-state index in [9.17, 15) is 14.3 Å². The maximum atomic E-state index is 15.2. The van der Waals surface area contributed by atoms with Gasteiger partial charge in [-0.05, 0) is 65.3 Å². The highest BCUT2D eigenvalue weighted by molar-refractivity contribution is 5.83. The Morgan fingerprint density at radius 3 is 2.61 bits per heavy atom. The number of anilines is 2. The Labute approximate surface area is 254 Å². The number of likely N-dealkylation sites (N-methyl/N-ethyl adjacent to an activating group) is 1. The summed E-state index contributed by atoms with van der Waals surface area (Å²) in [6.45, 7) is 12.2. The molecule has 13 heteroatoms. The molecule has 1 atom stereocenters. The number of imidazole rings is 1. The van der Waals surface area contributed by atoms with Gasteiger partial charge in [0.1, 0.15) is 40.5 Å². The fourth-order valence-electron chi connectivity index (χ4n) is 5.35. The lowest BCUT2D eigenvalue weighted by Crippen LogP contribution is -2.47. The molecule has 0 fully saturated rings. The summed E-state index contributed by atoms with van der Waals surface area (Å²) in [5.74, 6) is 0.0417. The van der Waals surface area contributed by atoms with Crippen molar-refractivity contribution in [3.05, 3.63) is 59.2 Å². The molecule has 0 saturated carbocycles. The number of hydrogen-bond acceptors (Lipinski definition) is 9. The van der Waals surface area contributed by atoms with Crippen LogP contribution in [0.5, 0.6) is 0 Å². The first kappa shape index (κ1) is 31.2. The number of fused-ring (bicyclic) bond motifs is 2. The van der Waals surface area contributed by atoms with Crippen LogP contribution < -0.4 is 5.32 Å². The van der Waals surface area contributed by atoms with Crippen molar-refractivity contribution in [3.8, 4) is 11.3 Å². The molecular weight excluding hydrogens is 570 g/mol. The molecular formula is C31H38F2N8O3. The van der Waals surface area contributed by atoms with Crippen LogP contribution in [0.3, 0.4) is 0 Å². The Morgan fingerprint density at radius 2 is 1.91 bits per heavy atom. The number of pyridine rings is 1. The number of carbonyl (C=O) groups excluding carboxylic acids is 1. The number of carbonyl (C=O) groups is 1. The SMILES string of the molecule is Cc1nc2cc(-c3nc(Nc4ccc5c(n4)CCN(C(O)CN(C)C(=O)OC(C)(C)C)C5)ncc3F)cc(F)c2n1C(C)C. The van der Waals surface area contributed by atoms with Crippen molar-refractivity contribution in [3.63, 3.8) is 0 Å². The van der Waals surface area contributed by atoms with Gasteiger partial charge in [0.05, 0.1) is 18.3 Å². The number of amides is 1. The third-order valence-electron chi connectivity index (χ3n) is 7.33. The van der Waals surface area contributed by atoms with Crippen LogP contribution in [0.2, 0.25) is 0 Å². The van der Waals surface area contributed by atoms with Crippen molar-refractivity contribution in [1.29, 1.82) is 0 Å². The van der Waals surface area contributed by atoms with E-state index in [-0.39, 0.29) is 29.8 Å². The third kappa shape index (κ3) is 6.63. The number of nitrogens with zero attached hydrogens (tertiary/aromatic N) is 7. The number of hydrogen-bond donors (Lipinski definition) is 2.